The number of pyridine rings is 1. The minimum absolute atomic E-state index is 0.191. The molecule has 0 saturated heterocycles. The van der Waals surface area contributed by atoms with E-state index in [4.69, 9.17) is 5.11 Å². The predicted molar refractivity (Wildman–Crippen MR) is 59.5 cm³/mol. The van der Waals surface area contributed by atoms with E-state index in [2.05, 4.69) is 15.2 Å². The third kappa shape index (κ3) is 1.64. The molecule has 2 aromatic heterocycles. The number of aromatic carboxylic acids is 1. The first-order valence-corrected chi connectivity index (χ1v) is 4.97. The van der Waals surface area contributed by atoms with Gasteiger partial charge in [-0.1, -0.05) is 20.8 Å². The molecule has 0 aliphatic carbocycles. The fourth-order valence-corrected chi connectivity index (χ4v) is 1.49. The first-order valence-electron chi connectivity index (χ1n) is 4.97. The topological polar surface area (TPSA) is 78.9 Å². The van der Waals surface area contributed by atoms with Crippen LogP contribution in [-0.4, -0.2) is 26.3 Å². The molecule has 0 fully saturated rings. The van der Waals surface area contributed by atoms with Crippen molar-refractivity contribution in [3.8, 4) is 0 Å². The van der Waals surface area contributed by atoms with Gasteiger partial charge in [0.2, 0.25) is 0 Å². The molecular weight excluding hydrogens is 206 g/mol. The Morgan fingerprint density at radius 2 is 2.12 bits per heavy atom. The largest absolute Gasteiger partial charge is 0.478 e. The highest BCUT2D eigenvalue weighted by atomic mass is 16.4. The molecule has 2 rings (SSSR count). The van der Waals surface area contributed by atoms with Crippen LogP contribution in [0.15, 0.2) is 12.3 Å². The van der Waals surface area contributed by atoms with E-state index in [1.165, 1.54) is 6.20 Å². The van der Waals surface area contributed by atoms with E-state index >= 15 is 0 Å². The number of H-pyrrole nitrogens is 1. The summed E-state index contributed by atoms with van der Waals surface area (Å²) in [7, 11) is 0. The molecule has 2 N–H and O–H groups in total. The van der Waals surface area contributed by atoms with E-state index in [0.717, 1.165) is 5.69 Å². The summed E-state index contributed by atoms with van der Waals surface area (Å²) in [6.45, 7) is 5.97. The molecule has 0 unspecified atom stereocenters. The van der Waals surface area contributed by atoms with Gasteiger partial charge in [-0.05, 0) is 6.07 Å². The molecule has 5 heteroatoms. The second kappa shape index (κ2) is 3.30. The SMILES string of the molecule is CC(C)(C)c1cc(C(=O)O)c2cn[nH]c2n1. The zero-order valence-corrected chi connectivity index (χ0v) is 9.40. The normalized spacial score (nSPS) is 11.9. The summed E-state index contributed by atoms with van der Waals surface area (Å²) in [4.78, 5) is 15.5. The molecule has 84 valence electrons. The van der Waals surface area contributed by atoms with Crippen LogP contribution in [0.4, 0.5) is 0 Å². The molecule has 0 amide bonds. The van der Waals surface area contributed by atoms with Gasteiger partial charge >= 0.3 is 5.97 Å². The number of carboxylic acid groups (broad SMARTS) is 1. The molecule has 0 aromatic carbocycles. The summed E-state index contributed by atoms with van der Waals surface area (Å²) >= 11 is 0. The number of fused-ring (bicyclic) bond motifs is 1. The minimum atomic E-state index is -0.959. The Hall–Kier alpha value is -1.91. The first-order chi connectivity index (χ1) is 7.39. The Kier molecular flexibility index (Phi) is 2.18. The minimum Gasteiger partial charge on any atom is -0.478 e. The molecule has 0 atom stereocenters. The first kappa shape index (κ1) is 10.6. The summed E-state index contributed by atoms with van der Waals surface area (Å²) in [5, 5.41) is 16.2. The van der Waals surface area contributed by atoms with Crippen molar-refractivity contribution in [2.24, 2.45) is 0 Å². The molecular formula is C11H13N3O2. The highest BCUT2D eigenvalue weighted by Crippen LogP contribution is 2.25. The van der Waals surface area contributed by atoms with Crippen LogP contribution < -0.4 is 0 Å². The van der Waals surface area contributed by atoms with E-state index in [1.54, 1.807) is 6.07 Å². The lowest BCUT2D eigenvalue weighted by Gasteiger charge is -2.18. The van der Waals surface area contributed by atoms with Gasteiger partial charge in [-0.25, -0.2) is 9.78 Å². The van der Waals surface area contributed by atoms with Gasteiger partial charge < -0.3 is 5.11 Å². The van der Waals surface area contributed by atoms with Gasteiger partial charge in [-0.15, -0.1) is 0 Å². The fourth-order valence-electron chi connectivity index (χ4n) is 1.49. The lowest BCUT2D eigenvalue weighted by Crippen LogP contribution is -2.15. The summed E-state index contributed by atoms with van der Waals surface area (Å²) in [5.41, 5.74) is 1.30. The van der Waals surface area contributed by atoms with Crippen molar-refractivity contribution in [3.63, 3.8) is 0 Å². The van der Waals surface area contributed by atoms with E-state index < -0.39 is 5.97 Å². The molecule has 5 nitrogen and oxygen atoms in total. The van der Waals surface area contributed by atoms with Crippen molar-refractivity contribution < 1.29 is 9.90 Å². The fraction of sp³-hybridized carbons (Fsp3) is 0.364. The summed E-state index contributed by atoms with van der Waals surface area (Å²) in [5.74, 6) is -0.959. The average molecular weight is 219 g/mol. The van der Waals surface area contributed by atoms with Gasteiger partial charge in [0.25, 0.3) is 0 Å². The van der Waals surface area contributed by atoms with E-state index in [1.807, 2.05) is 20.8 Å². The highest BCUT2D eigenvalue weighted by molar-refractivity contribution is 6.01. The van der Waals surface area contributed by atoms with Crippen LogP contribution in [0.3, 0.4) is 0 Å². The maximum Gasteiger partial charge on any atom is 0.336 e. The van der Waals surface area contributed by atoms with Crippen molar-refractivity contribution in [2.75, 3.05) is 0 Å². The second-order valence-corrected chi connectivity index (χ2v) is 4.74. The number of carbonyl (C=O) groups is 1. The summed E-state index contributed by atoms with van der Waals surface area (Å²) in [6, 6.07) is 1.61. The third-order valence-electron chi connectivity index (χ3n) is 2.42. The number of aromatic nitrogens is 3. The van der Waals surface area contributed by atoms with E-state index in [9.17, 15) is 4.79 Å². The standard InChI is InChI=1S/C11H13N3O2/c1-11(2,3)8-4-6(10(15)16)7-5-12-14-9(7)13-8/h4-5H,1-3H3,(H,15,16)(H,12,13,14). The van der Waals surface area contributed by atoms with Crippen LogP contribution in [0.5, 0.6) is 0 Å². The van der Waals surface area contributed by atoms with Gasteiger partial charge in [-0.3, -0.25) is 5.10 Å². The summed E-state index contributed by atoms with van der Waals surface area (Å²) in [6.07, 6.45) is 1.48. The van der Waals surface area contributed by atoms with Crippen molar-refractivity contribution in [3.05, 3.63) is 23.5 Å². The van der Waals surface area contributed by atoms with Gasteiger partial charge in [-0.2, -0.15) is 5.10 Å². The Labute approximate surface area is 92.5 Å². The van der Waals surface area contributed by atoms with Crippen LogP contribution in [0, 0.1) is 0 Å². The predicted octanol–water partition coefficient (Wildman–Crippen LogP) is 1.95. The van der Waals surface area contributed by atoms with Crippen molar-refractivity contribution in [1.82, 2.24) is 15.2 Å². The van der Waals surface area contributed by atoms with Gasteiger partial charge in [0.05, 0.1) is 17.1 Å². The van der Waals surface area contributed by atoms with Gasteiger partial charge in [0.15, 0.2) is 5.65 Å². The van der Waals surface area contributed by atoms with Crippen molar-refractivity contribution >= 4 is 17.0 Å². The smallest absolute Gasteiger partial charge is 0.336 e. The lowest BCUT2D eigenvalue weighted by molar-refractivity contribution is 0.0699. The molecule has 0 radical (unpaired) electrons. The Morgan fingerprint density at radius 1 is 1.44 bits per heavy atom. The molecule has 0 bridgehead atoms. The zero-order chi connectivity index (χ0) is 11.9. The van der Waals surface area contributed by atoms with Crippen LogP contribution in [0.25, 0.3) is 11.0 Å². The van der Waals surface area contributed by atoms with Crippen LogP contribution in [0.1, 0.15) is 36.8 Å². The van der Waals surface area contributed by atoms with Gasteiger partial charge in [0, 0.05) is 11.1 Å². The molecule has 16 heavy (non-hydrogen) atoms. The number of hydrogen-bond donors (Lipinski definition) is 2. The molecule has 0 aliphatic heterocycles. The number of aromatic amines is 1. The number of hydrogen-bond acceptors (Lipinski definition) is 3. The number of nitrogens with one attached hydrogen (secondary N) is 1. The van der Waals surface area contributed by atoms with Gasteiger partial charge in [0.1, 0.15) is 0 Å². The molecule has 0 spiro atoms. The third-order valence-corrected chi connectivity index (χ3v) is 2.42. The van der Waals surface area contributed by atoms with Crippen LogP contribution in [0.2, 0.25) is 0 Å². The van der Waals surface area contributed by atoms with Crippen LogP contribution in [-0.2, 0) is 5.41 Å². The van der Waals surface area contributed by atoms with E-state index in [-0.39, 0.29) is 11.0 Å². The van der Waals surface area contributed by atoms with E-state index in [0.29, 0.717) is 11.0 Å². The lowest BCUT2D eigenvalue weighted by atomic mass is 9.90. The number of carboxylic acids is 1. The summed E-state index contributed by atoms with van der Waals surface area (Å²) < 4.78 is 0. The number of rotatable bonds is 1. The maximum absolute atomic E-state index is 11.1. The maximum atomic E-state index is 11.1. The molecule has 2 heterocycles. The van der Waals surface area contributed by atoms with Crippen molar-refractivity contribution in [1.29, 1.82) is 0 Å². The monoisotopic (exact) mass is 219 g/mol. The Morgan fingerprint density at radius 3 is 2.69 bits per heavy atom. The highest BCUT2D eigenvalue weighted by Gasteiger charge is 2.20. The quantitative estimate of drug-likeness (QED) is 0.768. The van der Waals surface area contributed by atoms with Crippen LogP contribution >= 0.6 is 0 Å². The average Bonchev–Trinajstić information content (AvgIpc) is 2.61. The second-order valence-electron chi connectivity index (χ2n) is 4.74. The number of nitrogens with zero attached hydrogens (tertiary/aromatic N) is 2. The Balaban J connectivity index is 2.76. The molecule has 2 aromatic rings. The zero-order valence-electron chi connectivity index (χ0n) is 9.40. The Bertz CT molecular complexity index is 552. The molecule has 0 saturated carbocycles. The molecule has 0 aliphatic rings. The van der Waals surface area contributed by atoms with Crippen molar-refractivity contribution in [2.45, 2.75) is 26.2 Å².